The second kappa shape index (κ2) is 5.97. The lowest BCUT2D eigenvalue weighted by molar-refractivity contribution is 0.00306. The molecule has 0 aliphatic heterocycles. The van der Waals surface area contributed by atoms with Gasteiger partial charge in [0.25, 0.3) is 0 Å². The lowest BCUT2D eigenvalue weighted by Crippen LogP contribution is -2.23. The van der Waals surface area contributed by atoms with Crippen LogP contribution in [0.25, 0.3) is 0 Å². The van der Waals surface area contributed by atoms with Crippen LogP contribution in [0.5, 0.6) is 0 Å². The summed E-state index contributed by atoms with van der Waals surface area (Å²) in [6, 6.07) is 7.82. The van der Waals surface area contributed by atoms with Crippen LogP contribution in [0.1, 0.15) is 50.0 Å². The van der Waals surface area contributed by atoms with Crippen molar-refractivity contribution in [3.05, 3.63) is 35.4 Å². The molecule has 0 N–H and O–H groups in total. The van der Waals surface area contributed by atoms with Crippen molar-refractivity contribution in [1.29, 1.82) is 0 Å². The Hall–Kier alpha value is -1.15. The Labute approximate surface area is 104 Å². The molecular formula is C15H22O2. The van der Waals surface area contributed by atoms with Gasteiger partial charge in [-0.2, -0.15) is 0 Å². The molecule has 1 aromatic rings. The first-order valence-electron chi connectivity index (χ1n) is 6.18. The molecule has 0 saturated carbocycles. The molecule has 0 aliphatic carbocycles. The van der Waals surface area contributed by atoms with Gasteiger partial charge in [-0.15, -0.1) is 0 Å². The zero-order chi connectivity index (χ0) is 12.9. The fourth-order valence-electron chi connectivity index (χ4n) is 1.55. The highest BCUT2D eigenvalue weighted by Crippen LogP contribution is 2.11. The number of carbonyl (C=O) groups is 1. The van der Waals surface area contributed by atoms with Gasteiger partial charge in [0.2, 0.25) is 0 Å². The van der Waals surface area contributed by atoms with E-state index in [-0.39, 0.29) is 18.0 Å². The minimum absolute atomic E-state index is 0.0536. The molecule has 1 aromatic carbocycles. The molecule has 0 spiro atoms. The van der Waals surface area contributed by atoms with Crippen LogP contribution in [-0.4, -0.2) is 18.0 Å². The number of Topliss-reactive ketones (excluding diaryl/α,β-unsaturated/α-hetero) is 1. The molecule has 0 aromatic heterocycles. The highest BCUT2D eigenvalue weighted by atomic mass is 16.5. The molecule has 0 unspecified atom stereocenters. The quantitative estimate of drug-likeness (QED) is 0.727. The van der Waals surface area contributed by atoms with E-state index in [2.05, 4.69) is 13.0 Å². The molecule has 0 amide bonds. The summed E-state index contributed by atoms with van der Waals surface area (Å²) < 4.78 is 5.50. The van der Waals surface area contributed by atoms with E-state index in [1.54, 1.807) is 0 Å². The van der Waals surface area contributed by atoms with Crippen LogP contribution in [0.15, 0.2) is 24.3 Å². The monoisotopic (exact) mass is 234 g/mol. The minimum Gasteiger partial charge on any atom is -0.368 e. The van der Waals surface area contributed by atoms with Gasteiger partial charge in [0.15, 0.2) is 5.78 Å². The third kappa shape index (κ3) is 5.14. The minimum atomic E-state index is -0.267. The summed E-state index contributed by atoms with van der Waals surface area (Å²) in [6.07, 6.45) is 2.11. The van der Waals surface area contributed by atoms with Crippen molar-refractivity contribution in [2.24, 2.45) is 0 Å². The fourth-order valence-corrected chi connectivity index (χ4v) is 1.55. The molecule has 1 rings (SSSR count). The van der Waals surface area contributed by atoms with E-state index in [1.165, 1.54) is 5.56 Å². The molecule has 0 saturated heterocycles. The van der Waals surface area contributed by atoms with Crippen LogP contribution in [0, 0.1) is 0 Å². The molecule has 2 nitrogen and oxygen atoms in total. The van der Waals surface area contributed by atoms with Gasteiger partial charge in [-0.3, -0.25) is 4.79 Å². The first-order valence-corrected chi connectivity index (χ1v) is 6.18. The van der Waals surface area contributed by atoms with Crippen LogP contribution in [0.2, 0.25) is 0 Å². The Morgan fingerprint density at radius 1 is 1.29 bits per heavy atom. The predicted molar refractivity (Wildman–Crippen MR) is 70.5 cm³/mol. The molecule has 0 aliphatic rings. The molecule has 0 radical (unpaired) electrons. The van der Waals surface area contributed by atoms with E-state index in [0.29, 0.717) is 0 Å². The van der Waals surface area contributed by atoms with Crippen LogP contribution >= 0.6 is 0 Å². The lowest BCUT2D eigenvalue weighted by Gasteiger charge is -2.18. The average Bonchev–Trinajstić information content (AvgIpc) is 2.26. The Balaban J connectivity index is 2.65. The summed E-state index contributed by atoms with van der Waals surface area (Å²) in [4.78, 5) is 11.9. The molecular weight excluding hydrogens is 212 g/mol. The van der Waals surface area contributed by atoms with Crippen molar-refractivity contribution >= 4 is 5.78 Å². The number of hydrogen-bond acceptors (Lipinski definition) is 2. The van der Waals surface area contributed by atoms with Gasteiger partial charge in [-0.1, -0.05) is 31.5 Å². The second-order valence-electron chi connectivity index (χ2n) is 5.27. The van der Waals surface area contributed by atoms with Gasteiger partial charge in [-0.25, -0.2) is 0 Å². The summed E-state index contributed by atoms with van der Waals surface area (Å²) in [5, 5.41) is 0. The number of rotatable bonds is 5. The average molecular weight is 234 g/mol. The van der Waals surface area contributed by atoms with Gasteiger partial charge >= 0.3 is 0 Å². The van der Waals surface area contributed by atoms with Crippen molar-refractivity contribution in [1.82, 2.24) is 0 Å². The van der Waals surface area contributed by atoms with Gasteiger partial charge in [0.1, 0.15) is 6.61 Å². The second-order valence-corrected chi connectivity index (χ2v) is 5.27. The summed E-state index contributed by atoms with van der Waals surface area (Å²) in [6.45, 7) is 8.14. The van der Waals surface area contributed by atoms with Crippen molar-refractivity contribution in [2.75, 3.05) is 6.61 Å². The topological polar surface area (TPSA) is 26.3 Å². The van der Waals surface area contributed by atoms with E-state index in [0.717, 1.165) is 18.4 Å². The molecule has 0 bridgehead atoms. The number of hydrogen-bond donors (Lipinski definition) is 0. The van der Waals surface area contributed by atoms with E-state index in [4.69, 9.17) is 4.74 Å². The first kappa shape index (κ1) is 13.9. The molecule has 0 fully saturated rings. The van der Waals surface area contributed by atoms with Crippen LogP contribution in [0.4, 0.5) is 0 Å². The number of ketones is 1. The summed E-state index contributed by atoms with van der Waals surface area (Å²) in [5.41, 5.74) is 1.70. The van der Waals surface area contributed by atoms with Crippen molar-refractivity contribution in [2.45, 2.75) is 46.1 Å². The molecule has 17 heavy (non-hydrogen) atoms. The van der Waals surface area contributed by atoms with Crippen LogP contribution < -0.4 is 0 Å². The van der Waals surface area contributed by atoms with E-state index in [1.807, 2.05) is 39.0 Å². The summed E-state index contributed by atoms with van der Waals surface area (Å²) in [7, 11) is 0. The number of ether oxygens (including phenoxy) is 1. The first-order chi connectivity index (χ1) is 7.92. The normalized spacial score (nSPS) is 11.5. The van der Waals surface area contributed by atoms with Gasteiger partial charge in [0.05, 0.1) is 5.60 Å². The smallest absolute Gasteiger partial charge is 0.188 e. The predicted octanol–water partition coefficient (Wildman–Crippen LogP) is 3.64. The van der Waals surface area contributed by atoms with Gasteiger partial charge in [0, 0.05) is 5.56 Å². The molecule has 0 heterocycles. The van der Waals surface area contributed by atoms with E-state index in [9.17, 15) is 4.79 Å². The van der Waals surface area contributed by atoms with Crippen LogP contribution in [0.3, 0.4) is 0 Å². The van der Waals surface area contributed by atoms with Crippen molar-refractivity contribution in [3.63, 3.8) is 0 Å². The maximum Gasteiger partial charge on any atom is 0.188 e. The lowest BCUT2D eigenvalue weighted by atomic mass is 10.0. The van der Waals surface area contributed by atoms with Gasteiger partial charge in [-0.05, 0) is 38.8 Å². The van der Waals surface area contributed by atoms with E-state index < -0.39 is 0 Å². The molecule has 2 heteroatoms. The molecule has 94 valence electrons. The third-order valence-electron chi connectivity index (χ3n) is 2.42. The largest absolute Gasteiger partial charge is 0.368 e. The zero-order valence-electron chi connectivity index (χ0n) is 11.2. The fraction of sp³-hybridized carbons (Fsp3) is 0.533. The highest BCUT2D eigenvalue weighted by molar-refractivity contribution is 5.97. The summed E-state index contributed by atoms with van der Waals surface area (Å²) in [5.74, 6) is 0.0536. The molecule has 0 atom stereocenters. The van der Waals surface area contributed by atoms with Crippen LogP contribution in [-0.2, 0) is 11.2 Å². The van der Waals surface area contributed by atoms with E-state index >= 15 is 0 Å². The van der Waals surface area contributed by atoms with Crippen molar-refractivity contribution in [3.8, 4) is 0 Å². The zero-order valence-corrected chi connectivity index (χ0v) is 11.2. The number of carbonyl (C=O) groups excluding carboxylic acids is 1. The number of aryl methyl sites for hydroxylation is 1. The van der Waals surface area contributed by atoms with Gasteiger partial charge < -0.3 is 4.74 Å². The Morgan fingerprint density at radius 3 is 2.59 bits per heavy atom. The SMILES string of the molecule is CCCc1cccc(C(=O)COC(C)(C)C)c1. The Bertz CT molecular complexity index is 375. The standard InChI is InChI=1S/C15H22O2/c1-5-7-12-8-6-9-13(10-12)14(16)11-17-15(2,3)4/h6,8-10H,5,7,11H2,1-4H3. The highest BCUT2D eigenvalue weighted by Gasteiger charge is 2.14. The van der Waals surface area contributed by atoms with Crippen molar-refractivity contribution < 1.29 is 9.53 Å². The maximum absolute atomic E-state index is 11.9. The third-order valence-corrected chi connectivity index (χ3v) is 2.42. The number of benzene rings is 1. The Morgan fingerprint density at radius 2 is 2.00 bits per heavy atom. The maximum atomic E-state index is 11.9. The summed E-state index contributed by atoms with van der Waals surface area (Å²) >= 11 is 0. The Kier molecular flexibility index (Phi) is 4.88.